The Labute approximate surface area is 675 Å². The second-order valence-corrected chi connectivity index (χ2v) is 29.9. The largest absolute Gasteiger partial charge is 1.00 e. The number of nitrogens with two attached hydrogens (primary N) is 3. The predicted molar refractivity (Wildman–Crippen MR) is 409 cm³/mol. The number of aliphatic hydroxyl groups excluding tert-OH is 1. The molecule has 4 atom stereocenters. The van der Waals surface area contributed by atoms with E-state index >= 15 is 0 Å². The number of H-pyrrole nitrogens is 1. The average Bonchev–Trinajstić information content (AvgIpc) is 1.58. The van der Waals surface area contributed by atoms with Crippen molar-refractivity contribution in [2.24, 2.45) is 17.6 Å². The summed E-state index contributed by atoms with van der Waals surface area (Å²) < 4.78 is 5.22. The average molecular weight is 1660 g/mol. The minimum atomic E-state index is -1.02. The summed E-state index contributed by atoms with van der Waals surface area (Å²) in [6, 6.07) is 11.1. The molecule has 39 heteroatoms. The second-order valence-electron chi connectivity index (χ2n) is 28.2. The summed E-state index contributed by atoms with van der Waals surface area (Å²) in [4.78, 5) is 192. The number of aliphatic hydroxyl groups is 1. The molecule has 6 saturated carbocycles. The number of amides is 6. The molecule has 9 aliphatic rings. The van der Waals surface area contributed by atoms with E-state index in [9.17, 15) is 72.2 Å². The van der Waals surface area contributed by atoms with Crippen LogP contribution in [0.3, 0.4) is 0 Å². The summed E-state index contributed by atoms with van der Waals surface area (Å²) in [5.74, 6) is 1.17. The number of halogens is 2. The fourth-order valence-electron chi connectivity index (χ4n) is 14.3. The topological polar surface area (TPSA) is 529 Å². The number of hydrogen-bond acceptors (Lipinski definition) is 25. The standard InChI is InChI=1S/C21H22N6O4.C17H20N6O3.C13H13BrN2O3.C8H10N4O.C7H7BrN2O2.C6H8O2.B.Na.H/c1-11-7-14(24-15-8-16(23-10-22-15)25-18(29)12-4-5-12)20(31)27-17(11)19(30)26-21(27)6-2-3-13(28)9-21;1-9-5-11(21-13-6-12(18)19-8-20-13)16(26)23-14(9)15(25)22-17(23)4-2-3-10(24)7-17;1-7-5-9(14)12(19)16-10(7)11(18)15-13(16)4-2-3-8(17)6-13;9-6-3-7(11-4-10-6)12-8(13)5-1-2-5;1-3-2-4(8)7(12)10-5(3)6(9)11;7-5-2-1-3-6(8)4-5;;;/h7-8,10,12H,2-6,9H2,1H3,(H,26,30)(H2,22,23,24,25,29);5-6,8,10,24H,2-4,7H2,1H3,(H,22,25)(H3,18,19,20,21);5H,2-4,6H2,1H3,(H,15,18);3-5H,1-2H2,(H3,9,10,11,12,13);2H,1H3,(H2,9,11)(H,10,12);1-4H2;;;/q;;;;;;;+1;-1. The molecule has 0 aromatic carbocycles. The summed E-state index contributed by atoms with van der Waals surface area (Å²) in [5.41, 5.74) is 16.3. The second kappa shape index (κ2) is 35.4. The Morgan fingerprint density at radius 3 is 1.34 bits per heavy atom. The Balaban J connectivity index is 0.000000176. The van der Waals surface area contributed by atoms with E-state index in [-0.39, 0.29) is 163 Å². The third kappa shape index (κ3) is 19.5. The third-order valence-corrected chi connectivity index (χ3v) is 20.7. The van der Waals surface area contributed by atoms with Gasteiger partial charge in [-0.1, -0.05) is 0 Å². The van der Waals surface area contributed by atoms with Gasteiger partial charge in [-0.05, 0) is 183 Å². The number of pyridine rings is 4. The van der Waals surface area contributed by atoms with Gasteiger partial charge >= 0.3 is 29.6 Å². The molecule has 0 saturated heterocycles. The van der Waals surface area contributed by atoms with E-state index in [4.69, 9.17) is 17.2 Å². The van der Waals surface area contributed by atoms with Crippen LogP contribution in [0.4, 0.5) is 46.3 Å². The Kier molecular flexibility index (Phi) is 27.0. The first-order chi connectivity index (χ1) is 51.8. The van der Waals surface area contributed by atoms with Gasteiger partial charge in [0.25, 0.3) is 45.9 Å². The quantitative estimate of drug-likeness (QED) is 0.0726. The number of aromatic amines is 1. The maximum atomic E-state index is 13.4. The zero-order valence-electron chi connectivity index (χ0n) is 62.4. The van der Waals surface area contributed by atoms with Gasteiger partial charge in [-0.25, -0.2) is 29.9 Å². The van der Waals surface area contributed by atoms with Crippen molar-refractivity contribution in [3.05, 3.63) is 157 Å². The number of anilines is 8. The Morgan fingerprint density at radius 1 is 0.505 bits per heavy atom. The monoisotopic (exact) mass is 1660 g/mol. The minimum absolute atomic E-state index is 0. The SMILES string of the molecule is Cc1cc(Br)c(=O)[nH]c1C(N)=O.Cc1cc(Br)c(=O)n2c1C(=O)NC21CCCC(=O)C1.Cc1cc(Nc2cc(N)ncn2)c(=O)n2c1C(=O)NC21CCCC(O)C1.Cc1cc(Nc2cc(NC(=O)C3CC3)ncn2)c(=O)n2c1C(=O)NC21CCCC(=O)C1.Nc1cc(NC(=O)C2CC2)ncn1.O=C1CCCC(=O)C1.[B].[H-].[Na+]. The summed E-state index contributed by atoms with van der Waals surface area (Å²) in [6.45, 7) is 7.02. The molecule has 111 heavy (non-hydrogen) atoms. The van der Waals surface area contributed by atoms with E-state index in [1.165, 1.54) is 38.7 Å². The van der Waals surface area contributed by atoms with Gasteiger partial charge in [0.05, 0.1) is 21.5 Å². The van der Waals surface area contributed by atoms with Crippen LogP contribution in [-0.2, 0) is 45.8 Å². The van der Waals surface area contributed by atoms with Crippen LogP contribution < -0.4 is 106 Å². The molecular weight excluding hydrogens is 1580 g/mol. The number of Topliss-reactive ketones (excluding diaryl/α,β-unsaturated/α-hetero) is 4. The molecule has 577 valence electrons. The number of hydrogen-bond donors (Lipinski definition) is 12. The number of nitrogens with one attached hydrogen (secondary N) is 8. The van der Waals surface area contributed by atoms with Crippen molar-refractivity contribution in [3.63, 3.8) is 0 Å². The van der Waals surface area contributed by atoms with Gasteiger partial charge in [-0.2, -0.15) is 0 Å². The van der Waals surface area contributed by atoms with Crippen LogP contribution in [0.1, 0.15) is 194 Å². The number of carbonyl (C=O) groups is 10. The number of aryl methyl sites for hydroxylation is 4. The molecule has 6 aliphatic carbocycles. The van der Waals surface area contributed by atoms with E-state index in [1.807, 2.05) is 0 Å². The number of primary amides is 1. The Morgan fingerprint density at radius 2 is 0.901 bits per heavy atom. The van der Waals surface area contributed by atoms with Gasteiger partial charge < -0.3 is 65.9 Å². The minimum Gasteiger partial charge on any atom is -1.00 e. The smallest absolute Gasteiger partial charge is 1.00 e. The summed E-state index contributed by atoms with van der Waals surface area (Å²) in [6.07, 6.45) is 15.3. The van der Waals surface area contributed by atoms with Crippen molar-refractivity contribution in [1.29, 1.82) is 0 Å². The maximum Gasteiger partial charge on any atom is 1.00 e. The molecule has 10 heterocycles. The third-order valence-electron chi connectivity index (χ3n) is 19.6. The normalized spacial score (nSPS) is 20.7. The molecule has 3 spiro atoms. The van der Waals surface area contributed by atoms with Crippen LogP contribution in [0.25, 0.3) is 0 Å². The van der Waals surface area contributed by atoms with Crippen molar-refractivity contribution in [2.45, 2.75) is 179 Å². The van der Waals surface area contributed by atoms with Gasteiger partial charge in [-0.15, -0.1) is 0 Å². The van der Waals surface area contributed by atoms with E-state index in [1.54, 1.807) is 64.1 Å². The zero-order valence-corrected chi connectivity index (χ0v) is 66.6. The van der Waals surface area contributed by atoms with Crippen LogP contribution in [0.15, 0.2) is 89.6 Å². The van der Waals surface area contributed by atoms with Gasteiger partial charge in [0.15, 0.2) is 0 Å². The summed E-state index contributed by atoms with van der Waals surface area (Å²) in [7, 11) is 0. The van der Waals surface area contributed by atoms with Crippen molar-refractivity contribution < 1.29 is 84.0 Å². The molecule has 16 rings (SSSR count). The number of aromatic nitrogens is 10. The molecule has 6 amide bonds. The molecule has 4 unspecified atom stereocenters. The number of rotatable bonds is 9. The number of carbonyl (C=O) groups excluding carboxylic acids is 10. The molecule has 0 bridgehead atoms. The van der Waals surface area contributed by atoms with Crippen molar-refractivity contribution in [2.75, 3.05) is 32.7 Å². The van der Waals surface area contributed by atoms with Crippen molar-refractivity contribution in [3.8, 4) is 0 Å². The van der Waals surface area contributed by atoms with Crippen molar-refractivity contribution in [1.82, 2.24) is 64.5 Å². The first kappa shape index (κ1) is 84.7. The van der Waals surface area contributed by atoms with E-state index < -0.39 is 34.6 Å². The first-order valence-electron chi connectivity index (χ1n) is 35.3. The molecule has 7 aromatic heterocycles. The van der Waals surface area contributed by atoms with E-state index in [0.29, 0.717) is 142 Å². The summed E-state index contributed by atoms with van der Waals surface area (Å²) >= 11 is 6.26. The van der Waals surface area contributed by atoms with Crippen LogP contribution in [-0.4, -0.2) is 127 Å². The van der Waals surface area contributed by atoms with Crippen LogP contribution in [0.2, 0.25) is 0 Å². The number of nitrogens with zero attached hydrogens (tertiary/aromatic N) is 9. The molecule has 7 aromatic rings. The Hall–Kier alpha value is -10.3. The fourth-order valence-corrected chi connectivity index (χ4v) is 15.2. The first-order valence-corrected chi connectivity index (χ1v) is 36.9. The molecule has 6 fully saturated rings. The summed E-state index contributed by atoms with van der Waals surface area (Å²) in [5, 5.41) is 30.2. The molecule has 3 radical (unpaired) electrons. The van der Waals surface area contributed by atoms with Crippen LogP contribution >= 0.6 is 31.9 Å². The number of nitrogen functional groups attached to an aromatic ring is 2. The molecule has 35 nitrogen and oxygen atoms in total. The van der Waals surface area contributed by atoms with Crippen LogP contribution in [0.5, 0.6) is 0 Å². The molecule has 15 N–H and O–H groups in total. The zero-order chi connectivity index (χ0) is 78.6. The van der Waals surface area contributed by atoms with Gasteiger partial charge in [0.2, 0.25) is 11.8 Å². The fraction of sp³-hybridized carbons (Fsp3) is 0.417. The number of ketones is 4. The number of fused-ring (bicyclic) bond motifs is 6. The van der Waals surface area contributed by atoms with Crippen LogP contribution in [0, 0.1) is 39.5 Å². The predicted octanol–water partition coefficient (Wildman–Crippen LogP) is 2.03. The van der Waals surface area contributed by atoms with E-state index in [0.717, 1.165) is 44.1 Å². The Bertz CT molecular complexity index is 5180. The van der Waals surface area contributed by atoms with Gasteiger partial charge in [0.1, 0.15) is 128 Å². The molecule has 3 aliphatic heterocycles. The molecular formula is C72H81BBr2N20NaO15. The van der Waals surface area contributed by atoms with Crippen molar-refractivity contribution >= 4 is 145 Å². The van der Waals surface area contributed by atoms with Gasteiger partial charge in [-0.3, -0.25) is 80.8 Å². The van der Waals surface area contributed by atoms with E-state index in [2.05, 4.69) is 104 Å². The maximum absolute atomic E-state index is 13.4. The van der Waals surface area contributed by atoms with Gasteiger partial charge in [0, 0.05) is 83.4 Å².